The number of thiocarbonyl (C=S) groups is 1. The summed E-state index contributed by atoms with van der Waals surface area (Å²) in [5.41, 5.74) is -0.843. The highest BCUT2D eigenvalue weighted by molar-refractivity contribution is 7.84. The summed E-state index contributed by atoms with van der Waals surface area (Å²) in [4.78, 5) is 0. The van der Waals surface area contributed by atoms with Crippen molar-refractivity contribution in [3.05, 3.63) is 28.8 Å². The highest BCUT2D eigenvalue weighted by Crippen LogP contribution is 2.38. The van der Waals surface area contributed by atoms with Gasteiger partial charge < -0.3 is 10.0 Å². The predicted molar refractivity (Wildman–Crippen MR) is 64.8 cm³/mol. The van der Waals surface area contributed by atoms with Gasteiger partial charge in [-0.3, -0.25) is 0 Å². The van der Waals surface area contributed by atoms with Gasteiger partial charge in [-0.2, -0.15) is 13.2 Å². The number of hydrogen-bond acceptors (Lipinski definition) is 2. The van der Waals surface area contributed by atoms with E-state index in [-0.39, 0.29) is 10.8 Å². The van der Waals surface area contributed by atoms with Gasteiger partial charge in [-0.15, -0.1) is 0 Å². The molecule has 1 rings (SSSR count). The van der Waals surface area contributed by atoms with Crippen LogP contribution in [0.2, 0.25) is 5.02 Å². The number of benzene rings is 1. The second-order valence-electron chi connectivity index (χ2n) is 2.73. The highest BCUT2D eigenvalue weighted by Gasteiger charge is 2.33. The van der Waals surface area contributed by atoms with E-state index in [1.54, 1.807) is 0 Å². The number of anilines is 1. The van der Waals surface area contributed by atoms with E-state index >= 15 is 0 Å². The summed E-state index contributed by atoms with van der Waals surface area (Å²) in [5.74, 6) is 0. The lowest BCUT2D eigenvalue weighted by atomic mass is 10.2. The first-order valence-corrected chi connectivity index (χ1v) is 5.16. The molecule has 0 amide bonds. The lowest BCUT2D eigenvalue weighted by Crippen LogP contribution is -2.20. The third-order valence-electron chi connectivity index (χ3n) is 1.65. The molecule has 0 aromatic heterocycles. The number of thiol groups is 1. The van der Waals surface area contributed by atoms with E-state index in [1.807, 2.05) is 0 Å². The zero-order valence-electron chi connectivity index (χ0n) is 7.60. The number of rotatable bonds is 1. The second-order valence-corrected chi connectivity index (χ2v) is 3.74. The molecular weight excluding hydrogens is 281 g/mol. The van der Waals surface area contributed by atoms with Crippen LogP contribution in [0.15, 0.2) is 18.2 Å². The van der Waals surface area contributed by atoms with E-state index in [4.69, 9.17) is 23.8 Å². The first-order valence-electron chi connectivity index (χ1n) is 3.93. The Hall–Kier alpha value is -0.660. The molecule has 2 N–H and O–H groups in total. The Morgan fingerprint density at radius 3 is 2.50 bits per heavy atom. The van der Waals surface area contributed by atoms with Crippen LogP contribution in [0.5, 0.6) is 0 Å². The van der Waals surface area contributed by atoms with E-state index in [0.717, 1.165) is 6.07 Å². The van der Waals surface area contributed by atoms with Crippen molar-refractivity contribution in [2.24, 2.45) is 0 Å². The topological polar surface area (TPSA) is 24.1 Å². The van der Waals surface area contributed by atoms with Crippen LogP contribution in [0.25, 0.3) is 0 Å². The predicted octanol–water partition coefficient (Wildman–Crippen LogP) is 3.49. The summed E-state index contributed by atoms with van der Waals surface area (Å²) < 4.78 is 39.7. The van der Waals surface area contributed by atoms with Crippen molar-refractivity contribution in [1.29, 1.82) is 0 Å². The maximum atomic E-state index is 12.5. The van der Waals surface area contributed by atoms with Gasteiger partial charge in [0.1, 0.15) is 0 Å². The molecule has 8 heteroatoms. The van der Waals surface area contributed by atoms with Gasteiger partial charge in [-0.05, 0) is 24.4 Å². The van der Waals surface area contributed by atoms with E-state index < -0.39 is 16.8 Å². The van der Waals surface area contributed by atoms with Gasteiger partial charge >= 0.3 is 6.18 Å². The maximum Gasteiger partial charge on any atom is 0.417 e. The Kier molecular flexibility index (Phi) is 4.28. The molecular formula is C8H6ClF3N2S2. The van der Waals surface area contributed by atoms with Crippen LogP contribution >= 0.6 is 36.6 Å². The first kappa shape index (κ1) is 13.4. The van der Waals surface area contributed by atoms with Gasteiger partial charge in [0.05, 0.1) is 16.3 Å². The van der Waals surface area contributed by atoms with Crippen LogP contribution in [0.4, 0.5) is 18.9 Å². The molecule has 0 bridgehead atoms. The van der Waals surface area contributed by atoms with Gasteiger partial charge in [-0.25, -0.2) is 0 Å². The average Bonchev–Trinajstić information content (AvgIpc) is 2.19. The molecule has 0 spiro atoms. The molecule has 0 heterocycles. The minimum Gasteiger partial charge on any atom is -0.331 e. The van der Waals surface area contributed by atoms with Gasteiger partial charge in [0.2, 0.25) is 0 Å². The normalized spacial score (nSPS) is 11.1. The molecule has 0 saturated heterocycles. The number of hydrogen-bond donors (Lipinski definition) is 3. The number of alkyl halides is 3. The van der Waals surface area contributed by atoms with Crippen molar-refractivity contribution in [3.63, 3.8) is 0 Å². The summed E-state index contributed by atoms with van der Waals surface area (Å²) in [6.45, 7) is 0. The Labute approximate surface area is 106 Å². The molecule has 0 radical (unpaired) electrons. The minimum absolute atomic E-state index is 0.0598. The molecule has 88 valence electrons. The van der Waals surface area contributed by atoms with Gasteiger partial charge in [0.15, 0.2) is 5.11 Å². The average molecular weight is 287 g/mol. The van der Waals surface area contributed by atoms with Crippen molar-refractivity contribution < 1.29 is 13.2 Å². The van der Waals surface area contributed by atoms with Crippen LogP contribution in [0.3, 0.4) is 0 Å². The standard InChI is InChI=1S/C8H6ClF3N2S2/c9-6-4(8(10,11)12)2-1-3-5(6)13-7(15)14-16/h1-3,16H,(H2,13,14,15). The molecule has 2 nitrogen and oxygen atoms in total. The fraction of sp³-hybridized carbons (Fsp3) is 0.125. The lowest BCUT2D eigenvalue weighted by molar-refractivity contribution is -0.137. The molecule has 0 aliphatic rings. The Morgan fingerprint density at radius 2 is 2.00 bits per heavy atom. The minimum atomic E-state index is -4.50. The van der Waals surface area contributed by atoms with E-state index in [2.05, 4.69) is 22.9 Å². The quantitative estimate of drug-likeness (QED) is 0.544. The molecule has 0 unspecified atom stereocenters. The molecule has 0 saturated carbocycles. The lowest BCUT2D eigenvalue weighted by Gasteiger charge is -2.13. The van der Waals surface area contributed by atoms with Crippen molar-refractivity contribution >= 4 is 47.4 Å². The largest absolute Gasteiger partial charge is 0.417 e. The molecule has 0 atom stereocenters. The molecule has 0 fully saturated rings. The summed E-state index contributed by atoms with van der Waals surface area (Å²) in [5, 5.41) is 2.11. The molecule has 16 heavy (non-hydrogen) atoms. The highest BCUT2D eigenvalue weighted by atomic mass is 35.5. The van der Waals surface area contributed by atoms with Crippen molar-refractivity contribution in [1.82, 2.24) is 4.72 Å². The van der Waals surface area contributed by atoms with E-state index in [9.17, 15) is 13.2 Å². The van der Waals surface area contributed by atoms with Crippen LogP contribution in [0.1, 0.15) is 5.56 Å². The molecule has 1 aromatic carbocycles. The van der Waals surface area contributed by atoms with Crippen LogP contribution < -0.4 is 10.0 Å². The van der Waals surface area contributed by atoms with Crippen molar-refractivity contribution in [2.45, 2.75) is 6.18 Å². The summed E-state index contributed by atoms with van der Waals surface area (Å²) in [7, 11) is 0. The zero-order valence-corrected chi connectivity index (χ0v) is 10.1. The SMILES string of the molecule is FC(F)(F)c1cccc(NC(=S)NS)c1Cl. The number of nitrogens with one attached hydrogen (secondary N) is 2. The monoisotopic (exact) mass is 286 g/mol. The maximum absolute atomic E-state index is 12.5. The van der Waals surface area contributed by atoms with Gasteiger partial charge in [-0.1, -0.05) is 30.5 Å². The van der Waals surface area contributed by atoms with Gasteiger partial charge in [0, 0.05) is 0 Å². The van der Waals surface area contributed by atoms with Gasteiger partial charge in [0.25, 0.3) is 0 Å². The third-order valence-corrected chi connectivity index (χ3v) is 2.64. The number of halogens is 4. The Morgan fingerprint density at radius 1 is 1.38 bits per heavy atom. The Bertz CT molecular complexity index is 409. The zero-order chi connectivity index (χ0) is 12.3. The smallest absolute Gasteiger partial charge is 0.331 e. The van der Waals surface area contributed by atoms with E-state index in [1.165, 1.54) is 12.1 Å². The van der Waals surface area contributed by atoms with E-state index in [0.29, 0.717) is 0 Å². The fourth-order valence-corrected chi connectivity index (χ4v) is 1.44. The second kappa shape index (κ2) is 5.11. The molecule has 1 aromatic rings. The van der Waals surface area contributed by atoms with Crippen LogP contribution in [0, 0.1) is 0 Å². The Balaban J connectivity index is 3.09. The van der Waals surface area contributed by atoms with Crippen LogP contribution in [-0.2, 0) is 6.18 Å². The van der Waals surface area contributed by atoms with Crippen molar-refractivity contribution in [2.75, 3.05) is 5.32 Å². The first-order chi connectivity index (χ1) is 7.36. The summed E-state index contributed by atoms with van der Waals surface area (Å²) in [6.07, 6.45) is -4.50. The van der Waals surface area contributed by atoms with Crippen molar-refractivity contribution in [3.8, 4) is 0 Å². The summed E-state index contributed by atoms with van der Waals surface area (Å²) in [6, 6.07) is 3.51. The fourth-order valence-electron chi connectivity index (χ4n) is 0.998. The summed E-state index contributed by atoms with van der Waals surface area (Å²) >= 11 is 13.9. The third kappa shape index (κ3) is 3.16. The molecule has 0 aliphatic heterocycles. The molecule has 0 aliphatic carbocycles. The van der Waals surface area contributed by atoms with Crippen LogP contribution in [-0.4, -0.2) is 5.11 Å².